The molecule has 1 fully saturated rings. The van der Waals surface area contributed by atoms with Crippen molar-refractivity contribution in [3.05, 3.63) is 35.4 Å². The van der Waals surface area contributed by atoms with Gasteiger partial charge in [0.25, 0.3) is 0 Å². The summed E-state index contributed by atoms with van der Waals surface area (Å²) in [6, 6.07) is 7.58. The minimum Gasteiger partial charge on any atom is -0.481 e. The van der Waals surface area contributed by atoms with Crippen LogP contribution in [0.25, 0.3) is 0 Å². The highest BCUT2D eigenvalue weighted by Crippen LogP contribution is 2.27. The first-order chi connectivity index (χ1) is 9.57. The van der Waals surface area contributed by atoms with Gasteiger partial charge in [-0.25, -0.2) is 0 Å². The molecule has 20 heavy (non-hydrogen) atoms. The first-order valence-corrected chi connectivity index (χ1v) is 7.30. The van der Waals surface area contributed by atoms with Crippen LogP contribution in [0.15, 0.2) is 24.3 Å². The number of rotatable bonds is 6. The van der Waals surface area contributed by atoms with Gasteiger partial charge in [0, 0.05) is 13.1 Å². The van der Waals surface area contributed by atoms with E-state index in [-0.39, 0.29) is 6.42 Å². The molecule has 1 aromatic carbocycles. The summed E-state index contributed by atoms with van der Waals surface area (Å²) in [4.78, 5) is 10.6. The topological polar surface area (TPSA) is 69.6 Å². The molecule has 0 saturated heterocycles. The molecule has 0 aliphatic heterocycles. The van der Waals surface area contributed by atoms with Crippen LogP contribution >= 0.6 is 0 Å². The Hall–Kier alpha value is -1.39. The van der Waals surface area contributed by atoms with Gasteiger partial charge in [-0.15, -0.1) is 0 Å². The Labute approximate surface area is 119 Å². The van der Waals surface area contributed by atoms with Gasteiger partial charge < -0.3 is 15.5 Å². The predicted octanol–water partition coefficient (Wildman–Crippen LogP) is 2.10. The molecule has 2 rings (SSSR count). The summed E-state index contributed by atoms with van der Waals surface area (Å²) in [7, 11) is 0. The average Bonchev–Trinajstić information content (AvgIpc) is 2.41. The van der Waals surface area contributed by atoms with Gasteiger partial charge in [0.05, 0.1) is 12.0 Å². The van der Waals surface area contributed by atoms with Crippen molar-refractivity contribution in [1.82, 2.24) is 5.32 Å². The van der Waals surface area contributed by atoms with E-state index < -0.39 is 11.6 Å². The molecule has 0 amide bonds. The molecule has 0 atom stereocenters. The van der Waals surface area contributed by atoms with E-state index in [9.17, 15) is 9.90 Å². The monoisotopic (exact) mass is 277 g/mol. The van der Waals surface area contributed by atoms with Crippen molar-refractivity contribution in [2.45, 2.75) is 50.7 Å². The van der Waals surface area contributed by atoms with Crippen LogP contribution in [0.5, 0.6) is 0 Å². The molecule has 0 radical (unpaired) electrons. The molecule has 1 aliphatic carbocycles. The van der Waals surface area contributed by atoms with Crippen molar-refractivity contribution in [1.29, 1.82) is 0 Å². The zero-order valence-electron chi connectivity index (χ0n) is 11.8. The van der Waals surface area contributed by atoms with Crippen molar-refractivity contribution < 1.29 is 15.0 Å². The van der Waals surface area contributed by atoms with Gasteiger partial charge in [0.2, 0.25) is 0 Å². The lowest BCUT2D eigenvalue weighted by molar-refractivity contribution is -0.136. The molecule has 0 unspecified atom stereocenters. The molecule has 0 aromatic heterocycles. The lowest BCUT2D eigenvalue weighted by atomic mass is 9.85. The van der Waals surface area contributed by atoms with E-state index >= 15 is 0 Å². The predicted molar refractivity (Wildman–Crippen MR) is 77.5 cm³/mol. The summed E-state index contributed by atoms with van der Waals surface area (Å²) in [5, 5.41) is 22.4. The maximum atomic E-state index is 10.6. The Morgan fingerprint density at radius 1 is 1.10 bits per heavy atom. The van der Waals surface area contributed by atoms with Crippen LogP contribution in [-0.4, -0.2) is 28.3 Å². The van der Waals surface area contributed by atoms with E-state index in [4.69, 9.17) is 5.11 Å². The minimum atomic E-state index is -0.810. The Kier molecular flexibility index (Phi) is 5.15. The highest BCUT2D eigenvalue weighted by Gasteiger charge is 2.28. The highest BCUT2D eigenvalue weighted by molar-refractivity contribution is 5.70. The number of aliphatic carboxylic acids is 1. The van der Waals surface area contributed by atoms with Gasteiger partial charge in [0.15, 0.2) is 0 Å². The fourth-order valence-electron chi connectivity index (χ4n) is 2.78. The fraction of sp³-hybridized carbons (Fsp3) is 0.562. The van der Waals surface area contributed by atoms with Crippen LogP contribution in [0.1, 0.15) is 43.2 Å². The van der Waals surface area contributed by atoms with Crippen molar-refractivity contribution in [2.24, 2.45) is 0 Å². The van der Waals surface area contributed by atoms with Gasteiger partial charge in [-0.3, -0.25) is 4.79 Å². The molecule has 1 saturated carbocycles. The molecule has 3 N–H and O–H groups in total. The normalized spacial score (nSPS) is 17.9. The Balaban J connectivity index is 1.77. The number of hydrogen-bond donors (Lipinski definition) is 3. The second kappa shape index (κ2) is 6.86. The zero-order valence-corrected chi connectivity index (χ0v) is 11.8. The second-order valence-corrected chi connectivity index (χ2v) is 5.78. The van der Waals surface area contributed by atoms with Crippen LogP contribution in [-0.2, 0) is 17.8 Å². The van der Waals surface area contributed by atoms with Gasteiger partial charge >= 0.3 is 5.97 Å². The first-order valence-electron chi connectivity index (χ1n) is 7.30. The van der Waals surface area contributed by atoms with E-state index in [0.29, 0.717) is 13.1 Å². The average molecular weight is 277 g/mol. The summed E-state index contributed by atoms with van der Waals surface area (Å²) in [5.74, 6) is -0.810. The lowest BCUT2D eigenvalue weighted by Crippen LogP contribution is -2.41. The minimum absolute atomic E-state index is 0.0630. The van der Waals surface area contributed by atoms with Crippen LogP contribution in [0, 0.1) is 0 Å². The number of carboxylic acids is 1. The standard InChI is InChI=1S/C16H23NO3/c18-15(19)10-13-4-6-14(7-5-13)11-17-12-16(20)8-2-1-3-9-16/h4-7,17,20H,1-3,8-12H2,(H,18,19). The number of hydrogen-bond acceptors (Lipinski definition) is 3. The van der Waals surface area contributed by atoms with Crippen LogP contribution < -0.4 is 5.32 Å². The van der Waals surface area contributed by atoms with E-state index in [2.05, 4.69) is 5.32 Å². The molecule has 4 nitrogen and oxygen atoms in total. The van der Waals surface area contributed by atoms with Gasteiger partial charge in [-0.1, -0.05) is 43.5 Å². The Morgan fingerprint density at radius 3 is 2.30 bits per heavy atom. The third-order valence-corrected chi connectivity index (χ3v) is 3.95. The molecule has 0 heterocycles. The molecule has 1 aromatic rings. The van der Waals surface area contributed by atoms with Gasteiger partial charge in [0.1, 0.15) is 0 Å². The Morgan fingerprint density at radius 2 is 1.70 bits per heavy atom. The van der Waals surface area contributed by atoms with Gasteiger partial charge in [-0.05, 0) is 24.0 Å². The summed E-state index contributed by atoms with van der Waals surface area (Å²) in [6.07, 6.45) is 5.29. The maximum Gasteiger partial charge on any atom is 0.307 e. The fourth-order valence-corrected chi connectivity index (χ4v) is 2.78. The molecule has 0 spiro atoms. The van der Waals surface area contributed by atoms with Crippen molar-refractivity contribution in [3.63, 3.8) is 0 Å². The first kappa shape index (κ1) is 15.0. The van der Waals surface area contributed by atoms with E-state index in [1.165, 1.54) is 6.42 Å². The highest BCUT2D eigenvalue weighted by atomic mass is 16.4. The molecule has 0 bridgehead atoms. The number of carbonyl (C=O) groups is 1. The summed E-state index contributed by atoms with van der Waals surface area (Å²) >= 11 is 0. The van der Waals surface area contributed by atoms with E-state index in [1.807, 2.05) is 24.3 Å². The van der Waals surface area contributed by atoms with Gasteiger partial charge in [-0.2, -0.15) is 0 Å². The van der Waals surface area contributed by atoms with E-state index in [0.717, 1.165) is 36.8 Å². The third kappa shape index (κ3) is 4.62. The molecule has 4 heteroatoms. The number of benzene rings is 1. The number of nitrogens with one attached hydrogen (secondary N) is 1. The summed E-state index contributed by atoms with van der Waals surface area (Å²) < 4.78 is 0. The zero-order chi connectivity index (χ0) is 14.4. The lowest BCUT2D eigenvalue weighted by Gasteiger charge is -2.32. The number of aliphatic hydroxyl groups is 1. The Bertz CT molecular complexity index is 436. The van der Waals surface area contributed by atoms with E-state index in [1.54, 1.807) is 0 Å². The number of carboxylic acid groups (broad SMARTS) is 1. The largest absolute Gasteiger partial charge is 0.481 e. The smallest absolute Gasteiger partial charge is 0.307 e. The SMILES string of the molecule is O=C(O)Cc1ccc(CNCC2(O)CCCCC2)cc1. The van der Waals surface area contributed by atoms with Crippen LogP contribution in [0.3, 0.4) is 0 Å². The quantitative estimate of drug-likeness (QED) is 0.745. The second-order valence-electron chi connectivity index (χ2n) is 5.78. The summed E-state index contributed by atoms with van der Waals surface area (Å²) in [6.45, 7) is 1.33. The molecular formula is C16H23NO3. The van der Waals surface area contributed by atoms with Crippen LogP contribution in [0.4, 0.5) is 0 Å². The molecular weight excluding hydrogens is 254 g/mol. The summed E-state index contributed by atoms with van der Waals surface area (Å²) in [5.41, 5.74) is 1.38. The van der Waals surface area contributed by atoms with Crippen molar-refractivity contribution in [3.8, 4) is 0 Å². The molecule has 110 valence electrons. The molecule has 1 aliphatic rings. The van der Waals surface area contributed by atoms with Crippen molar-refractivity contribution in [2.75, 3.05) is 6.54 Å². The maximum absolute atomic E-state index is 10.6. The third-order valence-electron chi connectivity index (χ3n) is 3.95. The van der Waals surface area contributed by atoms with Crippen LogP contribution in [0.2, 0.25) is 0 Å². The van der Waals surface area contributed by atoms with Crippen molar-refractivity contribution >= 4 is 5.97 Å².